The Morgan fingerprint density at radius 3 is 2.02 bits per heavy atom. The summed E-state index contributed by atoms with van der Waals surface area (Å²) >= 11 is 1.37. The van der Waals surface area contributed by atoms with Gasteiger partial charge in [0.2, 0.25) is 0 Å². The molecule has 53 heavy (non-hydrogen) atoms. The fourth-order valence-corrected chi connectivity index (χ4v) is 14.6. The summed E-state index contributed by atoms with van der Waals surface area (Å²) in [6.07, 6.45) is 0. The van der Waals surface area contributed by atoms with Crippen molar-refractivity contribution >= 4 is 75.1 Å². The molecular weight excluding hydrogens is 776 g/mol. The Morgan fingerprint density at radius 1 is 0.434 bits per heavy atom. The van der Waals surface area contributed by atoms with Gasteiger partial charge in [0.15, 0.2) is 0 Å². The standard InChI is InChI=1S/C49H28IN2S/c1-7-20-40-30(12-1)32-15-11-18-38-48(32)52(40)42-22-9-5-17-36(42)49(38)35-16-4-6-19-39(35)50-47-37(49)25-26-43-46(47)33-14-2-8-21-41(33)51(43)29-24-27-45-34(28-29)31-13-3-10-23-44(31)53-45/h1-28H/q-1. The molecule has 0 amide bonds. The van der Waals surface area contributed by atoms with E-state index in [4.69, 9.17) is 0 Å². The van der Waals surface area contributed by atoms with Crippen LogP contribution in [-0.4, -0.2) is 9.13 Å². The predicted octanol–water partition coefficient (Wildman–Crippen LogP) is 9.39. The summed E-state index contributed by atoms with van der Waals surface area (Å²) in [6, 6.07) is 64.5. The molecule has 1 unspecified atom stereocenters. The van der Waals surface area contributed by atoms with Gasteiger partial charge in [-0.25, -0.2) is 0 Å². The van der Waals surface area contributed by atoms with Crippen LogP contribution in [0.2, 0.25) is 0 Å². The Bertz CT molecular complexity index is 3400. The molecule has 0 bridgehead atoms. The van der Waals surface area contributed by atoms with Crippen molar-refractivity contribution in [2.75, 3.05) is 0 Å². The zero-order chi connectivity index (χ0) is 34.4. The number of thiophene rings is 1. The van der Waals surface area contributed by atoms with Crippen molar-refractivity contribution in [2.24, 2.45) is 0 Å². The zero-order valence-corrected chi connectivity index (χ0v) is 31.3. The number of aromatic nitrogens is 2. The average Bonchev–Trinajstić information content (AvgIpc) is 3.88. The molecule has 0 fully saturated rings. The molecule has 5 heterocycles. The van der Waals surface area contributed by atoms with Crippen molar-refractivity contribution in [3.8, 4) is 11.4 Å². The van der Waals surface area contributed by atoms with E-state index in [2.05, 4.69) is 179 Å². The van der Waals surface area contributed by atoms with E-state index in [0.29, 0.717) is 0 Å². The molecule has 1 spiro atoms. The molecule has 2 aliphatic rings. The Balaban J connectivity index is 1.19. The molecule has 0 saturated carbocycles. The maximum atomic E-state index is 2.54. The van der Waals surface area contributed by atoms with Crippen LogP contribution in [-0.2, 0) is 5.41 Å². The van der Waals surface area contributed by atoms with Gasteiger partial charge in [-0.2, -0.15) is 0 Å². The predicted molar refractivity (Wildman–Crippen MR) is 217 cm³/mol. The third kappa shape index (κ3) is 3.49. The van der Waals surface area contributed by atoms with Crippen LogP contribution in [0.5, 0.6) is 0 Å². The van der Waals surface area contributed by atoms with E-state index in [1.165, 1.54) is 105 Å². The molecule has 1 atom stereocenters. The second-order valence-electron chi connectivity index (χ2n) is 14.3. The molecular formula is C49H28IN2S-. The Labute approximate surface area is 319 Å². The number of rotatable bonds is 1. The maximum absolute atomic E-state index is 2.54. The minimum atomic E-state index is -0.514. The van der Waals surface area contributed by atoms with Crippen molar-refractivity contribution < 1.29 is 21.2 Å². The second-order valence-corrected chi connectivity index (χ2v) is 18.2. The van der Waals surface area contributed by atoms with Gasteiger partial charge in [0, 0.05) is 0 Å². The van der Waals surface area contributed by atoms with Crippen LogP contribution >= 0.6 is 11.3 Å². The van der Waals surface area contributed by atoms with E-state index in [1.807, 2.05) is 11.3 Å². The Morgan fingerprint density at radius 2 is 1.11 bits per heavy atom. The van der Waals surface area contributed by atoms with Crippen LogP contribution in [0.4, 0.5) is 0 Å². The first-order valence-electron chi connectivity index (χ1n) is 18.2. The summed E-state index contributed by atoms with van der Waals surface area (Å²) in [7, 11) is 0. The van der Waals surface area contributed by atoms with Gasteiger partial charge in [-0.15, -0.1) is 0 Å². The summed E-state index contributed by atoms with van der Waals surface area (Å²) in [6.45, 7) is 0. The fraction of sp³-hybridized carbons (Fsp3) is 0.0204. The zero-order valence-electron chi connectivity index (χ0n) is 28.3. The van der Waals surface area contributed by atoms with E-state index in [1.54, 1.807) is 0 Å². The van der Waals surface area contributed by atoms with Gasteiger partial charge in [0.1, 0.15) is 0 Å². The number of hydrogen-bond acceptors (Lipinski definition) is 1. The molecule has 2 aliphatic heterocycles. The van der Waals surface area contributed by atoms with Crippen molar-refractivity contribution in [3.05, 3.63) is 199 Å². The van der Waals surface area contributed by atoms with Crippen molar-refractivity contribution in [3.63, 3.8) is 0 Å². The molecule has 0 saturated heterocycles. The molecule has 11 aromatic rings. The molecule has 0 N–H and O–H groups in total. The first kappa shape index (κ1) is 28.8. The molecule has 2 nitrogen and oxygen atoms in total. The first-order valence-corrected chi connectivity index (χ1v) is 21.1. The fourth-order valence-electron chi connectivity index (χ4n) is 9.91. The third-order valence-corrected chi connectivity index (χ3v) is 16.3. The van der Waals surface area contributed by atoms with Crippen LogP contribution in [0.25, 0.3) is 75.2 Å². The molecule has 13 rings (SSSR count). The number of benzene rings is 8. The van der Waals surface area contributed by atoms with Crippen LogP contribution in [0.15, 0.2) is 170 Å². The normalized spacial score (nSPS) is 16.1. The van der Waals surface area contributed by atoms with Gasteiger partial charge in [-0.05, 0) is 0 Å². The number of fused-ring (bicyclic) bond motifs is 18. The molecule has 0 radical (unpaired) electrons. The van der Waals surface area contributed by atoms with E-state index >= 15 is 0 Å². The van der Waals surface area contributed by atoms with Gasteiger partial charge in [-0.3, -0.25) is 0 Å². The molecule has 4 heteroatoms. The van der Waals surface area contributed by atoms with Crippen molar-refractivity contribution in [1.29, 1.82) is 0 Å². The number of hydrogen-bond donors (Lipinski definition) is 0. The van der Waals surface area contributed by atoms with E-state index in [0.717, 1.165) is 0 Å². The van der Waals surface area contributed by atoms with Gasteiger partial charge < -0.3 is 0 Å². The summed E-state index contributed by atoms with van der Waals surface area (Å²) in [5.74, 6) is 0. The summed E-state index contributed by atoms with van der Waals surface area (Å²) in [4.78, 5) is 0. The molecule has 8 aromatic carbocycles. The van der Waals surface area contributed by atoms with Crippen molar-refractivity contribution in [2.45, 2.75) is 5.41 Å². The monoisotopic (exact) mass is 803 g/mol. The summed E-state index contributed by atoms with van der Waals surface area (Å²) < 4.78 is 10.8. The third-order valence-electron chi connectivity index (χ3n) is 11.9. The number of para-hydroxylation sites is 4. The Kier molecular flexibility index (Phi) is 5.58. The number of halogens is 1. The quantitative estimate of drug-likeness (QED) is 0.147. The Hall–Kier alpha value is -5.69. The number of nitrogens with zero attached hydrogens (tertiary/aromatic N) is 2. The van der Waals surface area contributed by atoms with Crippen LogP contribution in [0.3, 0.4) is 0 Å². The molecule has 0 aliphatic carbocycles. The SMILES string of the molecule is c1ccc2c(c1)[I-]c1c(ccc3c1c1ccccc1n3-c1ccc3sc4ccccc4c3c1)C21c2ccccc2-n2c3ccccc3c3cccc1c32. The molecule has 3 aromatic heterocycles. The van der Waals surface area contributed by atoms with Crippen LogP contribution in [0, 0.1) is 7.14 Å². The topological polar surface area (TPSA) is 9.86 Å². The van der Waals surface area contributed by atoms with E-state index in [9.17, 15) is 0 Å². The second kappa shape index (κ2) is 10.2. The van der Waals surface area contributed by atoms with Crippen LogP contribution in [0.1, 0.15) is 22.3 Å². The minimum absolute atomic E-state index is 0.462. The van der Waals surface area contributed by atoms with E-state index < -0.39 is 26.6 Å². The average molecular weight is 804 g/mol. The van der Waals surface area contributed by atoms with Gasteiger partial charge in [0.05, 0.1) is 0 Å². The van der Waals surface area contributed by atoms with Crippen LogP contribution < -0.4 is 21.2 Å². The van der Waals surface area contributed by atoms with Gasteiger partial charge in [-0.1, -0.05) is 0 Å². The van der Waals surface area contributed by atoms with Gasteiger partial charge in [0.25, 0.3) is 0 Å². The van der Waals surface area contributed by atoms with Gasteiger partial charge >= 0.3 is 322 Å². The summed E-state index contributed by atoms with van der Waals surface area (Å²) in [5.41, 5.74) is 12.8. The van der Waals surface area contributed by atoms with Crippen molar-refractivity contribution in [1.82, 2.24) is 9.13 Å². The molecule has 248 valence electrons. The van der Waals surface area contributed by atoms with E-state index in [-0.39, 0.29) is 0 Å². The summed E-state index contributed by atoms with van der Waals surface area (Å²) in [5, 5.41) is 8.03. The first-order chi connectivity index (χ1) is 26.3.